The van der Waals surface area contributed by atoms with Gasteiger partial charge in [0.1, 0.15) is 11.8 Å². The molecule has 2 aliphatic rings. The predicted molar refractivity (Wildman–Crippen MR) is 81.6 cm³/mol. The number of anilines is 1. The van der Waals surface area contributed by atoms with Crippen LogP contribution < -0.4 is 4.90 Å². The molecule has 3 rings (SSSR count). The molecule has 2 aliphatic heterocycles. The smallest absolute Gasteiger partial charge is 0.308 e. The Morgan fingerprint density at radius 2 is 2.09 bits per heavy atom. The van der Waals surface area contributed by atoms with Gasteiger partial charge in [-0.25, -0.2) is 4.98 Å². The molecule has 0 aliphatic carbocycles. The van der Waals surface area contributed by atoms with Crippen LogP contribution in [0.2, 0.25) is 0 Å². The van der Waals surface area contributed by atoms with Crippen LogP contribution in [0.25, 0.3) is 0 Å². The largest absolute Gasteiger partial charge is 0.481 e. The van der Waals surface area contributed by atoms with E-state index in [-0.39, 0.29) is 18.4 Å². The molecule has 2 fully saturated rings. The first-order valence-corrected chi connectivity index (χ1v) is 7.72. The molecule has 7 nitrogen and oxygen atoms in total. The van der Waals surface area contributed by atoms with E-state index in [9.17, 15) is 9.59 Å². The molecule has 3 heterocycles. The van der Waals surface area contributed by atoms with Crippen LogP contribution in [0.4, 0.5) is 5.69 Å². The molecule has 0 radical (unpaired) electrons. The molecule has 0 aromatic carbocycles. The molecule has 1 N–H and O–H groups in total. The number of carbonyl (C=O) groups excluding carboxylic acids is 1. The topological polar surface area (TPSA) is 97.5 Å². The van der Waals surface area contributed by atoms with Crippen molar-refractivity contribution in [1.82, 2.24) is 9.88 Å². The molecule has 1 amide bonds. The van der Waals surface area contributed by atoms with Crippen LogP contribution in [0.15, 0.2) is 18.3 Å². The van der Waals surface area contributed by atoms with E-state index in [1.165, 1.54) is 0 Å². The van der Waals surface area contributed by atoms with Gasteiger partial charge in [0.25, 0.3) is 0 Å². The molecule has 1 unspecified atom stereocenters. The average Bonchev–Trinajstić information content (AvgIpc) is 2.97. The lowest BCUT2D eigenvalue weighted by molar-refractivity contribution is -0.141. The van der Waals surface area contributed by atoms with Crippen molar-refractivity contribution in [3.8, 4) is 6.07 Å². The molecule has 7 heteroatoms. The van der Waals surface area contributed by atoms with E-state index in [0.29, 0.717) is 12.2 Å². The van der Waals surface area contributed by atoms with E-state index in [4.69, 9.17) is 10.4 Å². The Morgan fingerprint density at radius 3 is 2.61 bits per heavy atom. The lowest BCUT2D eigenvalue weighted by atomic mass is 10.0. The number of carboxylic acid groups (broad SMARTS) is 1. The van der Waals surface area contributed by atoms with E-state index >= 15 is 0 Å². The highest BCUT2D eigenvalue weighted by Gasteiger charge is 2.38. The van der Waals surface area contributed by atoms with Crippen LogP contribution in [-0.4, -0.2) is 52.5 Å². The lowest BCUT2D eigenvalue weighted by Crippen LogP contribution is -2.45. The summed E-state index contributed by atoms with van der Waals surface area (Å²) >= 11 is 0. The van der Waals surface area contributed by atoms with Gasteiger partial charge in [-0.05, 0) is 25.0 Å². The van der Waals surface area contributed by atoms with Crippen molar-refractivity contribution in [2.24, 2.45) is 5.92 Å². The van der Waals surface area contributed by atoms with Crippen molar-refractivity contribution < 1.29 is 14.7 Å². The Balaban J connectivity index is 1.59. The maximum atomic E-state index is 12.0. The van der Waals surface area contributed by atoms with Crippen LogP contribution in [0.3, 0.4) is 0 Å². The molecule has 1 atom stereocenters. The van der Waals surface area contributed by atoms with E-state index in [2.05, 4.69) is 9.88 Å². The zero-order valence-corrected chi connectivity index (χ0v) is 12.7. The van der Waals surface area contributed by atoms with Crippen LogP contribution in [0, 0.1) is 17.2 Å². The predicted octanol–water partition coefficient (Wildman–Crippen LogP) is 0.855. The minimum atomic E-state index is -0.887. The fourth-order valence-electron chi connectivity index (χ4n) is 3.32. The van der Waals surface area contributed by atoms with Crippen molar-refractivity contribution >= 4 is 17.6 Å². The molecule has 1 aromatic heterocycles. The fraction of sp³-hybridized carbons (Fsp3) is 0.500. The third-order valence-electron chi connectivity index (χ3n) is 4.64. The Hall–Kier alpha value is -2.62. The molecule has 23 heavy (non-hydrogen) atoms. The summed E-state index contributed by atoms with van der Waals surface area (Å²) in [5.74, 6) is -1.50. The van der Waals surface area contributed by atoms with E-state index in [1.807, 2.05) is 12.1 Å². The minimum Gasteiger partial charge on any atom is -0.481 e. The van der Waals surface area contributed by atoms with Crippen LogP contribution in [-0.2, 0) is 9.59 Å². The molecule has 0 bridgehead atoms. The zero-order valence-electron chi connectivity index (χ0n) is 12.7. The van der Waals surface area contributed by atoms with Crippen LogP contribution >= 0.6 is 0 Å². The molecule has 0 saturated carbocycles. The van der Waals surface area contributed by atoms with Gasteiger partial charge < -0.3 is 14.9 Å². The second kappa shape index (κ2) is 6.24. The highest BCUT2D eigenvalue weighted by Crippen LogP contribution is 2.27. The standard InChI is InChI=1S/C16H18N4O3/c17-8-12-1-2-14(9-18-12)19-5-3-13(4-6-19)20-10-11(16(22)23)7-15(20)21/h1-2,9,11,13H,3-7,10H2,(H,22,23). The van der Waals surface area contributed by atoms with Crippen molar-refractivity contribution in [3.63, 3.8) is 0 Å². The minimum absolute atomic E-state index is 0.0455. The summed E-state index contributed by atoms with van der Waals surface area (Å²) in [5, 5.41) is 17.8. The number of amides is 1. The Morgan fingerprint density at radius 1 is 1.35 bits per heavy atom. The van der Waals surface area contributed by atoms with E-state index in [0.717, 1.165) is 31.6 Å². The normalized spacial score (nSPS) is 22.2. The van der Waals surface area contributed by atoms with Gasteiger partial charge in [-0.15, -0.1) is 0 Å². The van der Waals surface area contributed by atoms with Crippen LogP contribution in [0.5, 0.6) is 0 Å². The summed E-state index contributed by atoms with van der Waals surface area (Å²) in [4.78, 5) is 31.1. The number of hydrogen-bond acceptors (Lipinski definition) is 5. The van der Waals surface area contributed by atoms with Gasteiger partial charge in [-0.1, -0.05) is 0 Å². The highest BCUT2D eigenvalue weighted by molar-refractivity contribution is 5.86. The summed E-state index contributed by atoms with van der Waals surface area (Å²) in [6, 6.07) is 5.70. The van der Waals surface area contributed by atoms with Crippen molar-refractivity contribution in [2.75, 3.05) is 24.5 Å². The van der Waals surface area contributed by atoms with Gasteiger partial charge >= 0.3 is 5.97 Å². The van der Waals surface area contributed by atoms with Crippen molar-refractivity contribution in [1.29, 1.82) is 5.26 Å². The average molecular weight is 314 g/mol. The second-order valence-corrected chi connectivity index (χ2v) is 6.02. The number of nitriles is 1. The third kappa shape index (κ3) is 3.11. The summed E-state index contributed by atoms with van der Waals surface area (Å²) in [7, 11) is 0. The highest BCUT2D eigenvalue weighted by atomic mass is 16.4. The fourth-order valence-corrected chi connectivity index (χ4v) is 3.32. The van der Waals surface area contributed by atoms with Gasteiger partial charge in [-0.2, -0.15) is 5.26 Å². The second-order valence-electron chi connectivity index (χ2n) is 6.02. The van der Waals surface area contributed by atoms with Gasteiger partial charge in [-0.3, -0.25) is 9.59 Å². The molecule has 2 saturated heterocycles. The number of carbonyl (C=O) groups is 2. The van der Waals surface area contributed by atoms with Gasteiger partial charge in [0, 0.05) is 32.1 Å². The van der Waals surface area contributed by atoms with Gasteiger partial charge in [0.2, 0.25) is 5.91 Å². The number of carboxylic acids is 1. The maximum Gasteiger partial charge on any atom is 0.308 e. The summed E-state index contributed by atoms with van der Waals surface area (Å²) < 4.78 is 0. The number of aromatic nitrogens is 1. The van der Waals surface area contributed by atoms with Crippen molar-refractivity contribution in [3.05, 3.63) is 24.0 Å². The summed E-state index contributed by atoms with van der Waals surface area (Å²) in [6.07, 6.45) is 3.45. The first-order valence-electron chi connectivity index (χ1n) is 7.72. The van der Waals surface area contributed by atoms with E-state index < -0.39 is 11.9 Å². The third-order valence-corrected chi connectivity index (χ3v) is 4.64. The molecular weight excluding hydrogens is 296 g/mol. The Bertz CT molecular complexity index is 644. The van der Waals surface area contributed by atoms with Crippen LogP contribution in [0.1, 0.15) is 25.0 Å². The monoisotopic (exact) mass is 314 g/mol. The van der Waals surface area contributed by atoms with Crippen molar-refractivity contribution in [2.45, 2.75) is 25.3 Å². The first-order chi connectivity index (χ1) is 11.1. The number of piperidine rings is 1. The number of aliphatic carboxylic acids is 1. The number of pyridine rings is 1. The lowest BCUT2D eigenvalue weighted by Gasteiger charge is -2.37. The Labute approximate surface area is 134 Å². The Kier molecular flexibility index (Phi) is 4.15. The molecule has 0 spiro atoms. The van der Waals surface area contributed by atoms with Gasteiger partial charge in [0.15, 0.2) is 0 Å². The van der Waals surface area contributed by atoms with E-state index in [1.54, 1.807) is 17.2 Å². The molecular formula is C16H18N4O3. The number of nitrogens with zero attached hydrogens (tertiary/aromatic N) is 4. The number of rotatable bonds is 3. The summed E-state index contributed by atoms with van der Waals surface area (Å²) in [5.41, 5.74) is 1.37. The quantitative estimate of drug-likeness (QED) is 0.888. The SMILES string of the molecule is N#Cc1ccc(N2CCC(N3CC(C(=O)O)CC3=O)CC2)cn1. The number of hydrogen-bond donors (Lipinski definition) is 1. The number of likely N-dealkylation sites (tertiary alicyclic amines) is 1. The first kappa shape index (κ1) is 15.3. The molecule has 1 aromatic rings. The maximum absolute atomic E-state index is 12.0. The summed E-state index contributed by atoms with van der Waals surface area (Å²) in [6.45, 7) is 1.91. The zero-order chi connectivity index (χ0) is 16.4. The molecule has 120 valence electrons. The van der Waals surface area contributed by atoms with Gasteiger partial charge in [0.05, 0.1) is 17.8 Å².